The molecular weight excluding hydrogens is 256 g/mol. The first-order valence-corrected chi connectivity index (χ1v) is 5.37. The summed E-state index contributed by atoms with van der Waals surface area (Å²) in [6.07, 6.45) is 11.1. The zero-order valence-corrected chi connectivity index (χ0v) is 9.60. The van der Waals surface area contributed by atoms with Gasteiger partial charge >= 0.3 is 77.3 Å². The third-order valence-corrected chi connectivity index (χ3v) is 4.05. The maximum atomic E-state index is 2.35. The summed E-state index contributed by atoms with van der Waals surface area (Å²) >= 11 is 1.72. The van der Waals surface area contributed by atoms with Crippen LogP contribution >= 0.6 is 0 Å². The van der Waals surface area contributed by atoms with Gasteiger partial charge in [0.2, 0.25) is 0 Å². The fraction of sp³-hybridized carbons (Fsp3) is 0.556. The number of fused-ring (bicyclic) bond motifs is 1. The van der Waals surface area contributed by atoms with Crippen molar-refractivity contribution in [1.82, 2.24) is 0 Å². The van der Waals surface area contributed by atoms with Crippen LogP contribution in [0.4, 0.5) is 0 Å². The molecule has 1 fully saturated rings. The standard InChI is InChI=1S/C9H11.3FH.Zr/c1-2-5-9-7-3-6-8(9)4-1;;;;/h1-2,4,6,9H,3,5,7H2;3*1H;/q;;;;+3/p-3. The molecule has 0 heterocycles. The quantitative estimate of drug-likeness (QED) is 0.410. The molecule has 0 aliphatic heterocycles. The fourth-order valence-corrected chi connectivity index (χ4v) is 3.14. The van der Waals surface area contributed by atoms with Crippen molar-refractivity contribution in [2.24, 2.45) is 5.92 Å². The average Bonchev–Trinajstić information content (AvgIpc) is 2.34. The van der Waals surface area contributed by atoms with Crippen LogP contribution in [0.15, 0.2) is 23.8 Å². The first kappa shape index (κ1) is 15.6. The van der Waals surface area contributed by atoms with Crippen molar-refractivity contribution in [1.29, 1.82) is 0 Å². The van der Waals surface area contributed by atoms with Gasteiger partial charge < -0.3 is 14.1 Å². The Hall–Kier alpha value is 0.153. The number of halogens is 3. The van der Waals surface area contributed by atoms with Crippen LogP contribution in [0.1, 0.15) is 19.3 Å². The van der Waals surface area contributed by atoms with Gasteiger partial charge in [-0.2, -0.15) is 0 Å². The summed E-state index contributed by atoms with van der Waals surface area (Å²) in [5.41, 5.74) is 1.75. The maximum absolute atomic E-state index is 2.35. The summed E-state index contributed by atoms with van der Waals surface area (Å²) in [6.45, 7) is 0. The molecule has 0 aromatic carbocycles. The molecule has 0 bridgehead atoms. The Morgan fingerprint density at radius 2 is 1.85 bits per heavy atom. The Morgan fingerprint density at radius 3 is 2.46 bits per heavy atom. The van der Waals surface area contributed by atoms with Crippen molar-refractivity contribution in [2.45, 2.75) is 22.9 Å². The molecule has 13 heavy (non-hydrogen) atoms. The first-order valence-electron chi connectivity index (χ1n) is 3.95. The predicted molar refractivity (Wildman–Crippen MR) is 38.3 cm³/mol. The van der Waals surface area contributed by atoms with Gasteiger partial charge in [0.15, 0.2) is 0 Å². The molecule has 1 saturated carbocycles. The van der Waals surface area contributed by atoms with Crippen molar-refractivity contribution < 1.29 is 38.8 Å². The summed E-state index contributed by atoms with van der Waals surface area (Å²) in [4.78, 5) is 0. The Kier molecular flexibility index (Phi) is 7.91. The first-order chi connectivity index (χ1) is 4.88. The number of allylic oxidation sites excluding steroid dienone is 4. The molecule has 2 unspecified atom stereocenters. The van der Waals surface area contributed by atoms with E-state index in [0.717, 1.165) is 9.54 Å². The molecule has 0 aromatic rings. The van der Waals surface area contributed by atoms with Crippen LogP contribution in [0.5, 0.6) is 0 Å². The Labute approximate surface area is 91.4 Å². The molecule has 0 saturated heterocycles. The third kappa shape index (κ3) is 3.08. The van der Waals surface area contributed by atoms with Crippen molar-refractivity contribution in [3.8, 4) is 0 Å². The van der Waals surface area contributed by atoms with E-state index in [9.17, 15) is 0 Å². The van der Waals surface area contributed by atoms with E-state index in [2.05, 4.69) is 18.2 Å². The van der Waals surface area contributed by atoms with Crippen LogP contribution in [0, 0.1) is 5.92 Å². The minimum atomic E-state index is 0. The van der Waals surface area contributed by atoms with Gasteiger partial charge in [0.05, 0.1) is 0 Å². The van der Waals surface area contributed by atoms with Crippen molar-refractivity contribution >= 4 is 0 Å². The Balaban J connectivity index is 0. The van der Waals surface area contributed by atoms with Crippen molar-refractivity contribution in [3.63, 3.8) is 0 Å². The van der Waals surface area contributed by atoms with E-state index in [-0.39, 0.29) is 14.1 Å². The molecule has 2 atom stereocenters. The minimum absolute atomic E-state index is 0. The normalized spacial score (nSPS) is 28.9. The zero-order chi connectivity index (χ0) is 6.97. The monoisotopic (exact) mass is 266 g/mol. The van der Waals surface area contributed by atoms with E-state index in [1.807, 2.05) is 0 Å². The molecule has 4 heteroatoms. The van der Waals surface area contributed by atoms with E-state index in [4.69, 9.17) is 0 Å². The summed E-state index contributed by atoms with van der Waals surface area (Å²) in [6, 6.07) is 0. The average molecular weight is 267 g/mol. The van der Waals surface area contributed by atoms with Gasteiger partial charge in [-0.25, -0.2) is 0 Å². The summed E-state index contributed by atoms with van der Waals surface area (Å²) < 4.78 is 0.960. The third-order valence-electron chi connectivity index (χ3n) is 2.52. The SMILES string of the molecule is [F-].[F-].[F-].[Zr+3][CH]1CCC2CC=CC=C12. The summed E-state index contributed by atoms with van der Waals surface area (Å²) in [5.74, 6) is 0.939. The van der Waals surface area contributed by atoms with Crippen LogP contribution in [-0.4, -0.2) is 0 Å². The molecule has 2 rings (SSSR count). The van der Waals surface area contributed by atoms with Crippen LogP contribution in [0.2, 0.25) is 3.63 Å². The van der Waals surface area contributed by atoms with Gasteiger partial charge in [-0.3, -0.25) is 0 Å². The number of hydrogen-bond acceptors (Lipinski definition) is 0. The van der Waals surface area contributed by atoms with E-state index in [1.54, 1.807) is 30.3 Å². The van der Waals surface area contributed by atoms with Crippen molar-refractivity contribution in [3.05, 3.63) is 23.8 Å². The van der Waals surface area contributed by atoms with Crippen LogP contribution < -0.4 is 14.1 Å². The summed E-state index contributed by atoms with van der Waals surface area (Å²) in [7, 11) is 0. The van der Waals surface area contributed by atoms with E-state index < -0.39 is 0 Å². The number of rotatable bonds is 0. The molecule has 0 amide bonds. The molecular formula is C9H11F3Zr. The topological polar surface area (TPSA) is 0 Å². The van der Waals surface area contributed by atoms with E-state index in [1.165, 1.54) is 19.3 Å². The van der Waals surface area contributed by atoms with Gasteiger partial charge in [0, 0.05) is 0 Å². The van der Waals surface area contributed by atoms with Gasteiger partial charge in [0.25, 0.3) is 0 Å². The number of hydrogen-bond donors (Lipinski definition) is 0. The van der Waals surface area contributed by atoms with Crippen LogP contribution in [-0.2, 0) is 24.7 Å². The van der Waals surface area contributed by atoms with Gasteiger partial charge in [-0.05, 0) is 0 Å². The molecule has 0 aromatic heterocycles. The second-order valence-corrected chi connectivity index (χ2v) is 4.87. The van der Waals surface area contributed by atoms with E-state index >= 15 is 0 Å². The van der Waals surface area contributed by atoms with E-state index in [0.29, 0.717) is 0 Å². The molecule has 0 N–H and O–H groups in total. The molecule has 0 spiro atoms. The van der Waals surface area contributed by atoms with Gasteiger partial charge in [-0.15, -0.1) is 0 Å². The predicted octanol–water partition coefficient (Wildman–Crippen LogP) is -6.37. The molecule has 0 radical (unpaired) electrons. The zero-order valence-electron chi connectivity index (χ0n) is 7.14. The summed E-state index contributed by atoms with van der Waals surface area (Å²) in [5, 5.41) is 0. The van der Waals surface area contributed by atoms with Crippen molar-refractivity contribution in [2.75, 3.05) is 0 Å². The second kappa shape index (κ2) is 6.58. The van der Waals surface area contributed by atoms with Gasteiger partial charge in [0.1, 0.15) is 0 Å². The van der Waals surface area contributed by atoms with Gasteiger partial charge in [-0.1, -0.05) is 0 Å². The molecule has 2 aliphatic rings. The molecule has 0 nitrogen and oxygen atoms in total. The Bertz CT molecular complexity index is 201. The second-order valence-electron chi connectivity index (χ2n) is 3.16. The van der Waals surface area contributed by atoms with Crippen LogP contribution in [0.25, 0.3) is 0 Å². The molecule has 2 aliphatic carbocycles. The molecule has 72 valence electrons. The fourth-order valence-electron chi connectivity index (χ4n) is 1.91. The Morgan fingerprint density at radius 1 is 1.15 bits per heavy atom. The van der Waals surface area contributed by atoms with Crippen LogP contribution in [0.3, 0.4) is 0 Å².